The molecule has 96 valence electrons. The third kappa shape index (κ3) is 2.86. The third-order valence-electron chi connectivity index (χ3n) is 3.13. The largest absolute Gasteiger partial charge is 0.497 e. The van der Waals surface area contributed by atoms with Gasteiger partial charge in [0.15, 0.2) is 0 Å². The number of aryl methyl sites for hydroxylation is 2. The lowest BCUT2D eigenvalue weighted by molar-refractivity contribution is 0.415. The highest BCUT2D eigenvalue weighted by Crippen LogP contribution is 2.26. The van der Waals surface area contributed by atoms with E-state index >= 15 is 0 Å². The Bertz CT molecular complexity index is 642. The van der Waals surface area contributed by atoms with E-state index in [1.54, 1.807) is 19.2 Å². The normalized spacial score (nSPS) is 9.79. The first-order chi connectivity index (χ1) is 9.13. The molecule has 0 saturated heterocycles. The first-order valence-electron chi connectivity index (χ1n) is 6.06. The fraction of sp³-hybridized carbons (Fsp3) is 0.188. The smallest absolute Gasteiger partial charge is 0.121 e. The Balaban J connectivity index is 2.36. The molecule has 0 aromatic heterocycles. The molecule has 0 radical (unpaired) electrons. The average Bonchev–Trinajstić information content (AvgIpc) is 2.43. The van der Waals surface area contributed by atoms with E-state index < -0.39 is 0 Å². The predicted octanol–water partition coefficient (Wildman–Crippen LogP) is 3.93. The van der Waals surface area contributed by atoms with Gasteiger partial charge in [-0.25, -0.2) is 0 Å². The zero-order valence-electron chi connectivity index (χ0n) is 11.3. The second kappa shape index (κ2) is 5.45. The minimum Gasteiger partial charge on any atom is -0.497 e. The van der Waals surface area contributed by atoms with Crippen molar-refractivity contribution in [2.45, 2.75) is 13.8 Å². The minimum atomic E-state index is 0.596. The number of nitrogens with zero attached hydrogens (tertiary/aromatic N) is 1. The van der Waals surface area contributed by atoms with Gasteiger partial charge in [0, 0.05) is 11.8 Å². The highest BCUT2D eigenvalue weighted by molar-refractivity contribution is 5.68. The first kappa shape index (κ1) is 13.0. The van der Waals surface area contributed by atoms with Gasteiger partial charge >= 0.3 is 0 Å². The van der Waals surface area contributed by atoms with Crippen LogP contribution in [-0.2, 0) is 0 Å². The van der Waals surface area contributed by atoms with E-state index in [9.17, 15) is 0 Å². The van der Waals surface area contributed by atoms with Gasteiger partial charge in [-0.1, -0.05) is 6.07 Å². The number of methoxy groups -OCH3 is 1. The van der Waals surface area contributed by atoms with Crippen LogP contribution in [0.25, 0.3) is 0 Å². The van der Waals surface area contributed by atoms with Crippen molar-refractivity contribution in [3.63, 3.8) is 0 Å². The minimum absolute atomic E-state index is 0.596. The van der Waals surface area contributed by atoms with E-state index in [4.69, 9.17) is 10.00 Å². The molecule has 0 aliphatic carbocycles. The molecule has 1 N–H and O–H groups in total. The van der Waals surface area contributed by atoms with Crippen LogP contribution in [0.4, 0.5) is 11.4 Å². The monoisotopic (exact) mass is 252 g/mol. The molecule has 0 unspecified atom stereocenters. The molecule has 0 saturated carbocycles. The van der Waals surface area contributed by atoms with Crippen molar-refractivity contribution in [2.24, 2.45) is 0 Å². The van der Waals surface area contributed by atoms with E-state index in [-0.39, 0.29) is 0 Å². The van der Waals surface area contributed by atoms with Crippen LogP contribution in [0, 0.1) is 25.2 Å². The summed E-state index contributed by atoms with van der Waals surface area (Å²) in [7, 11) is 1.61. The lowest BCUT2D eigenvalue weighted by Crippen LogP contribution is -1.96. The molecule has 0 atom stereocenters. The summed E-state index contributed by atoms with van der Waals surface area (Å²) >= 11 is 0. The molecule has 2 rings (SSSR count). The summed E-state index contributed by atoms with van der Waals surface area (Å²) < 4.78 is 5.19. The van der Waals surface area contributed by atoms with E-state index in [1.165, 1.54) is 11.1 Å². The molecule has 0 heterocycles. The average molecular weight is 252 g/mol. The second-order valence-corrected chi connectivity index (χ2v) is 4.45. The zero-order valence-corrected chi connectivity index (χ0v) is 11.3. The fourth-order valence-electron chi connectivity index (χ4n) is 1.83. The Labute approximate surface area is 113 Å². The lowest BCUT2D eigenvalue weighted by Gasteiger charge is -2.11. The van der Waals surface area contributed by atoms with Gasteiger partial charge in [-0.05, 0) is 49.2 Å². The Morgan fingerprint density at radius 1 is 1.05 bits per heavy atom. The number of hydrogen-bond donors (Lipinski definition) is 1. The van der Waals surface area contributed by atoms with Gasteiger partial charge in [0.2, 0.25) is 0 Å². The molecule has 0 amide bonds. The van der Waals surface area contributed by atoms with Gasteiger partial charge in [0.05, 0.1) is 18.4 Å². The van der Waals surface area contributed by atoms with Crippen LogP contribution in [0.15, 0.2) is 36.4 Å². The van der Waals surface area contributed by atoms with Gasteiger partial charge in [0.25, 0.3) is 0 Å². The summed E-state index contributed by atoms with van der Waals surface area (Å²) in [6.45, 7) is 4.14. The van der Waals surface area contributed by atoms with E-state index in [2.05, 4.69) is 37.4 Å². The van der Waals surface area contributed by atoms with Crippen molar-refractivity contribution >= 4 is 11.4 Å². The molecular weight excluding hydrogens is 236 g/mol. The van der Waals surface area contributed by atoms with Gasteiger partial charge in [0.1, 0.15) is 11.8 Å². The van der Waals surface area contributed by atoms with Crippen molar-refractivity contribution in [1.82, 2.24) is 0 Å². The molecule has 3 heteroatoms. The predicted molar refractivity (Wildman–Crippen MR) is 76.9 cm³/mol. The van der Waals surface area contributed by atoms with Crippen LogP contribution in [0.5, 0.6) is 5.75 Å². The quantitative estimate of drug-likeness (QED) is 0.900. The highest BCUT2D eigenvalue weighted by Gasteiger charge is 2.05. The topological polar surface area (TPSA) is 45.0 Å². The second-order valence-electron chi connectivity index (χ2n) is 4.45. The van der Waals surface area contributed by atoms with Crippen LogP contribution in [0.2, 0.25) is 0 Å². The Morgan fingerprint density at radius 3 is 2.47 bits per heavy atom. The Kier molecular flexibility index (Phi) is 3.72. The third-order valence-corrected chi connectivity index (χ3v) is 3.13. The molecule has 19 heavy (non-hydrogen) atoms. The maximum absolute atomic E-state index is 9.13. The van der Waals surface area contributed by atoms with Crippen molar-refractivity contribution in [2.75, 3.05) is 12.4 Å². The molecule has 0 bridgehead atoms. The SMILES string of the molecule is COc1ccc(C#N)c(Nc2ccc(C)c(C)c2)c1. The first-order valence-corrected chi connectivity index (χ1v) is 6.06. The maximum atomic E-state index is 9.13. The lowest BCUT2D eigenvalue weighted by atomic mass is 10.1. The highest BCUT2D eigenvalue weighted by atomic mass is 16.5. The summed E-state index contributed by atoms with van der Waals surface area (Å²) in [6.07, 6.45) is 0. The number of nitriles is 1. The van der Waals surface area contributed by atoms with E-state index in [0.29, 0.717) is 5.56 Å². The molecule has 3 nitrogen and oxygen atoms in total. The molecule has 0 fully saturated rings. The van der Waals surface area contributed by atoms with Gasteiger partial charge in [-0.3, -0.25) is 0 Å². The summed E-state index contributed by atoms with van der Waals surface area (Å²) in [5, 5.41) is 12.4. The number of anilines is 2. The molecule has 0 aliphatic heterocycles. The van der Waals surface area contributed by atoms with Crippen LogP contribution in [0.1, 0.15) is 16.7 Å². The zero-order chi connectivity index (χ0) is 13.8. The molecule has 0 spiro atoms. The Morgan fingerprint density at radius 2 is 1.84 bits per heavy atom. The summed E-state index contributed by atoms with van der Waals surface area (Å²) in [5.74, 6) is 0.727. The van der Waals surface area contributed by atoms with Crippen LogP contribution < -0.4 is 10.1 Å². The Hall–Kier alpha value is -2.47. The maximum Gasteiger partial charge on any atom is 0.121 e. The number of nitrogens with one attached hydrogen (secondary N) is 1. The molecule has 2 aromatic carbocycles. The number of ether oxygens (including phenoxy) is 1. The number of rotatable bonds is 3. The van der Waals surface area contributed by atoms with Crippen molar-refractivity contribution < 1.29 is 4.74 Å². The summed E-state index contributed by atoms with van der Waals surface area (Å²) in [4.78, 5) is 0. The molecule has 2 aromatic rings. The summed E-state index contributed by atoms with van der Waals surface area (Å²) in [6, 6.07) is 13.7. The summed E-state index contributed by atoms with van der Waals surface area (Å²) in [5.41, 5.74) is 4.78. The van der Waals surface area contributed by atoms with Gasteiger partial charge in [-0.15, -0.1) is 0 Å². The number of benzene rings is 2. The molecule has 0 aliphatic rings. The fourth-order valence-corrected chi connectivity index (χ4v) is 1.83. The van der Waals surface area contributed by atoms with E-state index in [1.807, 2.05) is 12.1 Å². The van der Waals surface area contributed by atoms with Crippen LogP contribution in [0.3, 0.4) is 0 Å². The van der Waals surface area contributed by atoms with Crippen molar-refractivity contribution in [3.05, 3.63) is 53.1 Å². The van der Waals surface area contributed by atoms with Crippen LogP contribution >= 0.6 is 0 Å². The standard InChI is InChI=1S/C16H16N2O/c1-11-4-6-14(8-12(11)2)18-16-9-15(19-3)7-5-13(16)10-17/h4-9,18H,1-3H3. The van der Waals surface area contributed by atoms with Crippen molar-refractivity contribution in [3.8, 4) is 11.8 Å². The number of hydrogen-bond acceptors (Lipinski definition) is 3. The molecular formula is C16H16N2O. The van der Waals surface area contributed by atoms with Crippen molar-refractivity contribution in [1.29, 1.82) is 5.26 Å². The van der Waals surface area contributed by atoms with Gasteiger partial charge < -0.3 is 10.1 Å². The van der Waals surface area contributed by atoms with E-state index in [0.717, 1.165) is 17.1 Å². The van der Waals surface area contributed by atoms with Crippen LogP contribution in [-0.4, -0.2) is 7.11 Å². The van der Waals surface area contributed by atoms with Gasteiger partial charge in [-0.2, -0.15) is 5.26 Å².